The average molecular weight is 262 g/mol. The molecule has 1 N–H and O–H groups in total. The third kappa shape index (κ3) is 3.66. The van der Waals surface area contributed by atoms with Crippen LogP contribution >= 0.6 is 11.6 Å². The van der Waals surface area contributed by atoms with Crippen molar-refractivity contribution in [1.82, 2.24) is 5.32 Å². The SMILES string of the molecule is CC(Cl)C(C)(C)NC(=O)c1cc(F)cc(F)c1. The molecule has 1 rings (SSSR count). The second-order valence-electron chi connectivity index (χ2n) is 4.45. The molecule has 0 bridgehead atoms. The fourth-order valence-corrected chi connectivity index (χ4v) is 1.20. The lowest BCUT2D eigenvalue weighted by atomic mass is 10.0. The molecule has 2 nitrogen and oxygen atoms in total. The molecular weight excluding hydrogens is 248 g/mol. The lowest BCUT2D eigenvalue weighted by Crippen LogP contribution is -2.49. The van der Waals surface area contributed by atoms with Gasteiger partial charge in [-0.15, -0.1) is 11.6 Å². The van der Waals surface area contributed by atoms with Crippen LogP contribution in [0.25, 0.3) is 0 Å². The van der Waals surface area contributed by atoms with Crippen molar-refractivity contribution >= 4 is 17.5 Å². The Morgan fingerprint density at radius 3 is 2.18 bits per heavy atom. The summed E-state index contributed by atoms with van der Waals surface area (Å²) < 4.78 is 25.9. The molecule has 0 saturated carbocycles. The van der Waals surface area contributed by atoms with Gasteiger partial charge in [0.05, 0.1) is 10.9 Å². The zero-order chi connectivity index (χ0) is 13.2. The fourth-order valence-electron chi connectivity index (χ4n) is 1.15. The monoisotopic (exact) mass is 261 g/mol. The summed E-state index contributed by atoms with van der Waals surface area (Å²) >= 11 is 5.90. The van der Waals surface area contributed by atoms with Gasteiger partial charge < -0.3 is 5.32 Å². The van der Waals surface area contributed by atoms with E-state index in [0.29, 0.717) is 6.07 Å². The lowest BCUT2D eigenvalue weighted by molar-refractivity contribution is 0.0911. The maximum atomic E-state index is 12.9. The number of rotatable bonds is 3. The van der Waals surface area contributed by atoms with E-state index in [1.807, 2.05) is 0 Å². The molecule has 0 aliphatic heterocycles. The summed E-state index contributed by atoms with van der Waals surface area (Å²) in [5.74, 6) is -2.13. The largest absolute Gasteiger partial charge is 0.346 e. The van der Waals surface area contributed by atoms with Gasteiger partial charge in [0.1, 0.15) is 11.6 Å². The smallest absolute Gasteiger partial charge is 0.251 e. The number of halogens is 3. The van der Waals surface area contributed by atoms with Crippen molar-refractivity contribution < 1.29 is 13.6 Å². The summed E-state index contributed by atoms with van der Waals surface area (Å²) in [5.41, 5.74) is -0.727. The van der Waals surface area contributed by atoms with Crippen LogP contribution in [0.4, 0.5) is 8.78 Å². The van der Waals surface area contributed by atoms with E-state index in [1.54, 1.807) is 20.8 Å². The first-order valence-electron chi connectivity index (χ1n) is 5.15. The molecule has 1 aromatic carbocycles. The Hall–Kier alpha value is -1.16. The van der Waals surface area contributed by atoms with E-state index in [0.717, 1.165) is 12.1 Å². The summed E-state index contributed by atoms with van der Waals surface area (Å²) in [6.07, 6.45) is 0. The van der Waals surface area contributed by atoms with E-state index < -0.39 is 23.1 Å². The molecule has 0 aliphatic rings. The summed E-state index contributed by atoms with van der Waals surface area (Å²) in [6.45, 7) is 5.20. The Kier molecular flexibility index (Phi) is 4.09. The van der Waals surface area contributed by atoms with Crippen molar-refractivity contribution in [1.29, 1.82) is 0 Å². The molecule has 0 heterocycles. The molecule has 0 aromatic heterocycles. The maximum Gasteiger partial charge on any atom is 0.251 e. The number of carbonyl (C=O) groups is 1. The highest BCUT2D eigenvalue weighted by molar-refractivity contribution is 6.21. The third-order valence-electron chi connectivity index (χ3n) is 2.55. The highest BCUT2D eigenvalue weighted by Crippen LogP contribution is 2.16. The molecule has 0 radical (unpaired) electrons. The van der Waals surface area contributed by atoms with Gasteiger partial charge in [-0.2, -0.15) is 0 Å². The van der Waals surface area contributed by atoms with E-state index in [-0.39, 0.29) is 10.9 Å². The number of carbonyl (C=O) groups excluding carboxylic acids is 1. The van der Waals surface area contributed by atoms with Crippen molar-refractivity contribution in [3.05, 3.63) is 35.4 Å². The van der Waals surface area contributed by atoms with Crippen LogP contribution in [0.5, 0.6) is 0 Å². The first-order valence-corrected chi connectivity index (χ1v) is 5.58. The van der Waals surface area contributed by atoms with Gasteiger partial charge in [0.15, 0.2) is 0 Å². The average Bonchev–Trinajstić information content (AvgIpc) is 2.15. The first-order chi connectivity index (χ1) is 7.72. The fraction of sp³-hybridized carbons (Fsp3) is 0.417. The molecule has 5 heteroatoms. The summed E-state index contributed by atoms with van der Waals surface area (Å²) in [4.78, 5) is 11.8. The van der Waals surface area contributed by atoms with Crippen molar-refractivity contribution in [2.24, 2.45) is 0 Å². The normalized spacial score (nSPS) is 13.3. The summed E-state index contributed by atoms with van der Waals surface area (Å²) in [5, 5.41) is 2.31. The number of benzene rings is 1. The van der Waals surface area contributed by atoms with Gasteiger partial charge in [0.2, 0.25) is 0 Å². The molecule has 0 saturated heterocycles. The van der Waals surface area contributed by atoms with Crippen LogP contribution in [0.2, 0.25) is 0 Å². The Labute approximate surface area is 104 Å². The second-order valence-corrected chi connectivity index (χ2v) is 5.10. The van der Waals surface area contributed by atoms with Gasteiger partial charge in [-0.1, -0.05) is 0 Å². The summed E-state index contributed by atoms with van der Waals surface area (Å²) in [6, 6.07) is 2.67. The Bertz CT molecular complexity index is 412. The van der Waals surface area contributed by atoms with E-state index in [2.05, 4.69) is 5.32 Å². The van der Waals surface area contributed by atoms with Crippen LogP contribution in [0.3, 0.4) is 0 Å². The first kappa shape index (κ1) is 13.9. The van der Waals surface area contributed by atoms with Gasteiger partial charge in [0, 0.05) is 11.6 Å². The van der Waals surface area contributed by atoms with Gasteiger partial charge in [-0.05, 0) is 32.9 Å². The predicted molar refractivity (Wildman–Crippen MR) is 63.2 cm³/mol. The third-order valence-corrected chi connectivity index (χ3v) is 3.10. The molecule has 1 atom stereocenters. The lowest BCUT2D eigenvalue weighted by Gasteiger charge is -2.28. The number of hydrogen-bond acceptors (Lipinski definition) is 1. The minimum Gasteiger partial charge on any atom is -0.346 e. The molecule has 0 aliphatic carbocycles. The van der Waals surface area contributed by atoms with E-state index in [4.69, 9.17) is 11.6 Å². The van der Waals surface area contributed by atoms with Crippen molar-refractivity contribution in [2.75, 3.05) is 0 Å². The van der Waals surface area contributed by atoms with Gasteiger partial charge in [0.25, 0.3) is 5.91 Å². The van der Waals surface area contributed by atoms with Crippen molar-refractivity contribution in [3.63, 3.8) is 0 Å². The van der Waals surface area contributed by atoms with Crippen LogP contribution in [-0.4, -0.2) is 16.8 Å². The van der Waals surface area contributed by atoms with E-state index >= 15 is 0 Å². The zero-order valence-corrected chi connectivity index (χ0v) is 10.6. The molecule has 1 aromatic rings. The zero-order valence-electron chi connectivity index (χ0n) is 9.85. The Morgan fingerprint density at radius 2 is 1.76 bits per heavy atom. The predicted octanol–water partition coefficient (Wildman–Crippen LogP) is 3.10. The Balaban J connectivity index is 2.91. The van der Waals surface area contributed by atoms with Gasteiger partial charge in [-0.25, -0.2) is 8.78 Å². The van der Waals surface area contributed by atoms with Crippen LogP contribution in [0, 0.1) is 11.6 Å². The van der Waals surface area contributed by atoms with Crippen LogP contribution in [-0.2, 0) is 0 Å². The van der Waals surface area contributed by atoms with Crippen molar-refractivity contribution in [2.45, 2.75) is 31.7 Å². The molecule has 17 heavy (non-hydrogen) atoms. The number of hydrogen-bond donors (Lipinski definition) is 1. The second kappa shape index (κ2) is 5.00. The van der Waals surface area contributed by atoms with Crippen LogP contribution in [0.15, 0.2) is 18.2 Å². The molecule has 1 unspecified atom stereocenters. The topological polar surface area (TPSA) is 29.1 Å². The summed E-state index contributed by atoms with van der Waals surface area (Å²) in [7, 11) is 0. The molecule has 0 spiro atoms. The number of alkyl halides is 1. The number of nitrogens with one attached hydrogen (secondary N) is 1. The molecule has 94 valence electrons. The minimum atomic E-state index is -0.785. The quantitative estimate of drug-likeness (QED) is 0.833. The van der Waals surface area contributed by atoms with E-state index in [1.165, 1.54) is 0 Å². The van der Waals surface area contributed by atoms with Gasteiger partial charge in [-0.3, -0.25) is 4.79 Å². The minimum absolute atomic E-state index is 0.0621. The molecule has 0 fully saturated rings. The van der Waals surface area contributed by atoms with Crippen molar-refractivity contribution in [3.8, 4) is 0 Å². The highest BCUT2D eigenvalue weighted by Gasteiger charge is 2.26. The number of amides is 1. The van der Waals surface area contributed by atoms with E-state index in [9.17, 15) is 13.6 Å². The molecule has 1 amide bonds. The Morgan fingerprint density at radius 1 is 1.29 bits per heavy atom. The van der Waals surface area contributed by atoms with Crippen LogP contribution < -0.4 is 5.32 Å². The standard InChI is InChI=1S/C12H14ClF2NO/c1-7(13)12(2,3)16-11(17)8-4-9(14)6-10(15)5-8/h4-7H,1-3H3,(H,16,17). The van der Waals surface area contributed by atoms with Gasteiger partial charge >= 0.3 is 0 Å². The highest BCUT2D eigenvalue weighted by atomic mass is 35.5. The van der Waals surface area contributed by atoms with Crippen LogP contribution in [0.1, 0.15) is 31.1 Å². The molecular formula is C12H14ClF2NO. The maximum absolute atomic E-state index is 12.9.